The Kier molecular flexibility index (Phi) is 9.43. The van der Waals surface area contributed by atoms with Gasteiger partial charge < -0.3 is 10.2 Å². The molecule has 1 aromatic heterocycles. The lowest BCUT2D eigenvalue weighted by Crippen LogP contribution is -2.48. The lowest BCUT2D eigenvalue weighted by atomic mass is 10.2. The fourth-order valence-corrected chi connectivity index (χ4v) is 6.70. The molecule has 14 heteroatoms. The zero-order valence-corrected chi connectivity index (χ0v) is 24.6. The Morgan fingerprint density at radius 1 is 1.05 bits per heavy atom. The highest BCUT2D eigenvalue weighted by molar-refractivity contribution is 7.92. The molecular weight excluding hydrogens is 588 g/mol. The average molecular weight is 617 g/mol. The predicted molar refractivity (Wildman–Crippen MR) is 163 cm³/mol. The van der Waals surface area contributed by atoms with Crippen molar-refractivity contribution in [3.05, 3.63) is 88.5 Å². The summed E-state index contributed by atoms with van der Waals surface area (Å²) in [5.74, 6) is -0.262. The van der Waals surface area contributed by atoms with Crippen LogP contribution in [0.25, 0.3) is 10.2 Å². The molecule has 3 aromatic carbocycles. The minimum atomic E-state index is -3.74. The Morgan fingerprint density at radius 3 is 2.39 bits per heavy atom. The number of sulfonamides is 1. The van der Waals surface area contributed by atoms with E-state index in [0.29, 0.717) is 24.3 Å². The maximum Gasteiger partial charge on any atom is 0.270 e. The first-order valence-electron chi connectivity index (χ1n) is 12.7. The van der Waals surface area contributed by atoms with Crippen LogP contribution in [0.3, 0.4) is 0 Å². The summed E-state index contributed by atoms with van der Waals surface area (Å²) in [4.78, 5) is 32.5. The van der Waals surface area contributed by atoms with Crippen molar-refractivity contribution in [2.75, 3.05) is 55.5 Å². The van der Waals surface area contributed by atoms with Crippen LogP contribution in [-0.2, 0) is 10.0 Å². The van der Waals surface area contributed by atoms with Crippen molar-refractivity contribution in [1.29, 1.82) is 0 Å². The number of hydrogen-bond donors (Lipinski definition) is 1. The molecule has 1 saturated heterocycles. The Hall–Kier alpha value is -3.78. The number of nitrogens with zero attached hydrogens (tertiary/aromatic N) is 5. The third-order valence-electron chi connectivity index (χ3n) is 6.82. The average Bonchev–Trinajstić information content (AvgIpc) is 3.41. The predicted octanol–water partition coefficient (Wildman–Crippen LogP) is 4.00. The van der Waals surface area contributed by atoms with E-state index < -0.39 is 14.9 Å². The molecule has 0 atom stereocenters. The van der Waals surface area contributed by atoms with Gasteiger partial charge in [0.25, 0.3) is 21.6 Å². The molecule has 216 valence electrons. The van der Waals surface area contributed by atoms with Crippen molar-refractivity contribution in [2.45, 2.75) is 4.90 Å². The van der Waals surface area contributed by atoms with Gasteiger partial charge in [0.15, 0.2) is 5.13 Å². The van der Waals surface area contributed by atoms with E-state index in [0.717, 1.165) is 41.5 Å². The van der Waals surface area contributed by atoms with Crippen LogP contribution in [0.2, 0.25) is 0 Å². The maximum atomic E-state index is 12.9. The minimum absolute atomic E-state index is 0. The Labute approximate surface area is 248 Å². The Bertz CT molecular complexity index is 1630. The van der Waals surface area contributed by atoms with Crippen LogP contribution in [-0.4, -0.2) is 75.4 Å². The normalized spacial score (nSPS) is 13.9. The van der Waals surface area contributed by atoms with Gasteiger partial charge in [-0.2, -0.15) is 0 Å². The summed E-state index contributed by atoms with van der Waals surface area (Å²) in [5.41, 5.74) is 1.76. The first-order chi connectivity index (χ1) is 19.2. The summed E-state index contributed by atoms with van der Waals surface area (Å²) in [6.45, 7) is 4.27. The van der Waals surface area contributed by atoms with Gasteiger partial charge in [-0.15, -0.1) is 12.4 Å². The summed E-state index contributed by atoms with van der Waals surface area (Å²) in [6, 6.07) is 19.5. The molecule has 2 heterocycles. The van der Waals surface area contributed by atoms with E-state index in [1.54, 1.807) is 36.4 Å². The highest BCUT2D eigenvalue weighted by Gasteiger charge is 2.23. The molecular formula is C27H29ClN6O5S2. The lowest BCUT2D eigenvalue weighted by Gasteiger charge is -2.34. The molecule has 4 aromatic rings. The summed E-state index contributed by atoms with van der Waals surface area (Å²) in [7, 11) is -2.25. The summed E-state index contributed by atoms with van der Waals surface area (Å²) in [5, 5.41) is 14.8. The molecule has 0 bridgehead atoms. The molecule has 0 unspecified atom stereocenters. The molecule has 0 saturated carbocycles. The van der Waals surface area contributed by atoms with Gasteiger partial charge in [0, 0.05) is 64.0 Å². The van der Waals surface area contributed by atoms with E-state index in [2.05, 4.69) is 20.1 Å². The number of nitro groups is 1. The highest BCUT2D eigenvalue weighted by Crippen LogP contribution is 2.31. The van der Waals surface area contributed by atoms with E-state index in [-0.39, 0.29) is 28.9 Å². The minimum Gasteiger partial charge on any atom is -0.351 e. The number of amides is 1. The zero-order valence-electron chi connectivity index (χ0n) is 22.2. The number of nitrogens with one attached hydrogen (secondary N) is 1. The largest absolute Gasteiger partial charge is 0.351 e. The van der Waals surface area contributed by atoms with Gasteiger partial charge in [0.05, 0.1) is 25.7 Å². The number of non-ortho nitro benzene ring substituents is 1. The van der Waals surface area contributed by atoms with Crippen LogP contribution in [0, 0.1) is 10.1 Å². The molecule has 41 heavy (non-hydrogen) atoms. The summed E-state index contributed by atoms with van der Waals surface area (Å²) >= 11 is 1.45. The number of fused-ring (bicyclic) bond motifs is 1. The second-order valence-electron chi connectivity index (χ2n) is 9.32. The number of nitro benzene ring substituents is 1. The monoisotopic (exact) mass is 616 g/mol. The molecule has 5 rings (SSSR count). The smallest absolute Gasteiger partial charge is 0.270 e. The molecule has 0 radical (unpaired) electrons. The van der Waals surface area contributed by atoms with Gasteiger partial charge >= 0.3 is 0 Å². The van der Waals surface area contributed by atoms with Gasteiger partial charge in [-0.25, -0.2) is 13.4 Å². The van der Waals surface area contributed by atoms with Crippen molar-refractivity contribution in [1.82, 2.24) is 15.2 Å². The van der Waals surface area contributed by atoms with Crippen molar-refractivity contribution in [3.8, 4) is 0 Å². The van der Waals surface area contributed by atoms with E-state index >= 15 is 0 Å². The number of piperazine rings is 1. The van der Waals surface area contributed by atoms with E-state index in [4.69, 9.17) is 0 Å². The van der Waals surface area contributed by atoms with Crippen LogP contribution in [0.4, 0.5) is 16.5 Å². The van der Waals surface area contributed by atoms with Crippen LogP contribution in [0.5, 0.6) is 0 Å². The summed E-state index contributed by atoms with van der Waals surface area (Å²) < 4.78 is 27.9. The third-order valence-corrected chi connectivity index (χ3v) is 9.70. The standard InChI is InChI=1S/C27H28N6O5S2.ClH/c1-30(21-5-3-2-4-6-21)40(37,38)23-10-7-20(8-11-23)26(34)28-13-14-31-15-17-32(18-16-31)27-29-24-12-9-22(33(35)36)19-25(24)39-27;/h2-12,19H,13-18H2,1H3,(H,28,34);1H. The van der Waals surface area contributed by atoms with E-state index in [9.17, 15) is 23.3 Å². The van der Waals surface area contributed by atoms with Crippen molar-refractivity contribution in [2.24, 2.45) is 0 Å². The van der Waals surface area contributed by atoms with Gasteiger partial charge in [-0.1, -0.05) is 29.5 Å². The molecule has 11 nitrogen and oxygen atoms in total. The number of hydrogen-bond acceptors (Lipinski definition) is 9. The number of carbonyl (C=O) groups excluding carboxylic acids is 1. The highest BCUT2D eigenvalue weighted by atomic mass is 35.5. The fourth-order valence-electron chi connectivity index (χ4n) is 4.46. The van der Waals surface area contributed by atoms with E-state index in [1.807, 2.05) is 6.07 Å². The SMILES string of the molecule is CN(c1ccccc1)S(=O)(=O)c1ccc(C(=O)NCCN2CCN(c3nc4ccc([N+](=O)[O-])cc4s3)CC2)cc1.Cl. The van der Waals surface area contributed by atoms with E-state index in [1.165, 1.54) is 53.0 Å². The molecule has 1 aliphatic heterocycles. The number of thiazole rings is 1. The summed E-state index contributed by atoms with van der Waals surface area (Å²) in [6.07, 6.45) is 0. The van der Waals surface area contributed by atoms with Gasteiger partial charge in [0.2, 0.25) is 0 Å². The second kappa shape index (κ2) is 12.8. The molecule has 1 N–H and O–H groups in total. The fraction of sp³-hybridized carbons (Fsp3) is 0.259. The quantitative estimate of drug-likeness (QED) is 0.221. The molecule has 1 fully saturated rings. The molecule has 1 amide bonds. The van der Waals surface area contributed by atoms with Crippen molar-refractivity contribution < 1.29 is 18.1 Å². The number of anilines is 2. The van der Waals surface area contributed by atoms with Crippen LogP contribution < -0.4 is 14.5 Å². The number of benzene rings is 3. The number of carbonyl (C=O) groups is 1. The Balaban J connectivity index is 0.00000387. The number of para-hydroxylation sites is 1. The Morgan fingerprint density at radius 2 is 1.73 bits per heavy atom. The number of aromatic nitrogens is 1. The maximum absolute atomic E-state index is 12.9. The second-order valence-corrected chi connectivity index (χ2v) is 12.3. The van der Waals surface area contributed by atoms with Crippen molar-refractivity contribution in [3.63, 3.8) is 0 Å². The van der Waals surface area contributed by atoms with Crippen LogP contribution in [0.1, 0.15) is 10.4 Å². The lowest BCUT2D eigenvalue weighted by molar-refractivity contribution is -0.384. The van der Waals surface area contributed by atoms with Crippen LogP contribution in [0.15, 0.2) is 77.7 Å². The molecule has 1 aliphatic rings. The van der Waals surface area contributed by atoms with Gasteiger partial charge in [-0.3, -0.25) is 24.1 Å². The third kappa shape index (κ3) is 6.76. The topological polar surface area (TPSA) is 129 Å². The number of halogens is 1. The first kappa shape index (κ1) is 30.2. The van der Waals surface area contributed by atoms with Crippen molar-refractivity contribution >= 4 is 66.4 Å². The van der Waals surface area contributed by atoms with Crippen LogP contribution >= 0.6 is 23.7 Å². The molecule has 0 spiro atoms. The zero-order chi connectivity index (χ0) is 28.3. The van der Waals surface area contributed by atoms with Gasteiger partial charge in [0.1, 0.15) is 0 Å². The van der Waals surface area contributed by atoms with Gasteiger partial charge in [-0.05, 0) is 42.5 Å². The first-order valence-corrected chi connectivity index (χ1v) is 14.9. The number of rotatable bonds is 9. The molecule has 0 aliphatic carbocycles.